The Morgan fingerprint density at radius 2 is 2.00 bits per heavy atom. The van der Waals surface area contributed by atoms with Crippen molar-refractivity contribution in [1.29, 1.82) is 0 Å². The minimum atomic E-state index is -4.38. The molecule has 1 rings (SSSR count). The number of aliphatic hydroxyl groups excluding tert-OH is 2. The summed E-state index contributed by atoms with van der Waals surface area (Å²) in [4.78, 5) is 4.72. The van der Waals surface area contributed by atoms with E-state index in [4.69, 9.17) is 5.11 Å². The molecule has 0 amide bonds. The maximum Gasteiger partial charge on any atom is 0.401 e. The molecule has 0 saturated carbocycles. The predicted molar refractivity (Wildman–Crippen MR) is 67.9 cm³/mol. The van der Waals surface area contributed by atoms with Gasteiger partial charge in [0.05, 0.1) is 31.1 Å². The molecule has 21 heavy (non-hydrogen) atoms. The van der Waals surface area contributed by atoms with Gasteiger partial charge < -0.3 is 10.2 Å². The third kappa shape index (κ3) is 6.36. The molecule has 2 unspecified atom stereocenters. The van der Waals surface area contributed by atoms with Crippen LogP contribution in [0.5, 0.6) is 0 Å². The highest BCUT2D eigenvalue weighted by Crippen LogP contribution is 2.23. The molecule has 1 aromatic rings. The number of rotatable bonds is 7. The molecule has 0 spiro atoms. The van der Waals surface area contributed by atoms with Crippen molar-refractivity contribution in [3.05, 3.63) is 29.8 Å². The first-order valence-electron chi connectivity index (χ1n) is 6.42. The van der Waals surface area contributed by atoms with Crippen molar-refractivity contribution in [2.24, 2.45) is 5.92 Å². The summed E-state index contributed by atoms with van der Waals surface area (Å²) in [6, 6.07) is 2.41. The standard InChI is InChI=1S/C13H18F4N2O2/c1-9(7-19(4-5-20)8-13(15,16)17)12(21)11-3-2-10(14)6-18-11/h2-3,6,9,12,20-21H,4-5,7-8H2,1H3. The SMILES string of the molecule is CC(CN(CCO)CC(F)(F)F)C(O)c1ccc(F)cn1. The average Bonchev–Trinajstić information content (AvgIpc) is 2.37. The Balaban J connectivity index is 2.67. The molecule has 0 aliphatic heterocycles. The zero-order chi connectivity index (χ0) is 16.0. The van der Waals surface area contributed by atoms with Crippen molar-refractivity contribution in [3.8, 4) is 0 Å². The van der Waals surface area contributed by atoms with E-state index < -0.39 is 37.2 Å². The summed E-state index contributed by atoms with van der Waals surface area (Å²) in [6.45, 7) is -0.223. The minimum Gasteiger partial charge on any atom is -0.395 e. The fourth-order valence-electron chi connectivity index (χ4n) is 1.99. The third-order valence-electron chi connectivity index (χ3n) is 2.96. The van der Waals surface area contributed by atoms with Crippen LogP contribution in [0.2, 0.25) is 0 Å². The molecular weight excluding hydrogens is 292 g/mol. The number of nitrogens with zero attached hydrogens (tertiary/aromatic N) is 2. The number of pyridine rings is 1. The monoisotopic (exact) mass is 310 g/mol. The van der Waals surface area contributed by atoms with Gasteiger partial charge in [-0.3, -0.25) is 9.88 Å². The van der Waals surface area contributed by atoms with E-state index in [9.17, 15) is 22.7 Å². The van der Waals surface area contributed by atoms with E-state index in [0.29, 0.717) is 0 Å². The van der Waals surface area contributed by atoms with Gasteiger partial charge in [0, 0.05) is 19.0 Å². The summed E-state index contributed by atoms with van der Waals surface area (Å²) in [5.41, 5.74) is 0.194. The summed E-state index contributed by atoms with van der Waals surface area (Å²) < 4.78 is 50.0. The zero-order valence-electron chi connectivity index (χ0n) is 11.5. The van der Waals surface area contributed by atoms with Gasteiger partial charge in [-0.1, -0.05) is 6.92 Å². The summed E-state index contributed by atoms with van der Waals surface area (Å²) in [5.74, 6) is -1.12. The van der Waals surface area contributed by atoms with Crippen molar-refractivity contribution in [2.75, 3.05) is 26.2 Å². The number of halogens is 4. The first-order valence-corrected chi connectivity index (χ1v) is 6.42. The number of aliphatic hydroxyl groups is 2. The summed E-state index contributed by atoms with van der Waals surface area (Å²) in [6.07, 6.45) is -4.56. The van der Waals surface area contributed by atoms with Gasteiger partial charge >= 0.3 is 6.18 Å². The average molecular weight is 310 g/mol. The molecule has 0 radical (unpaired) electrons. The minimum absolute atomic E-state index is 0.0692. The third-order valence-corrected chi connectivity index (χ3v) is 2.96. The van der Waals surface area contributed by atoms with E-state index in [0.717, 1.165) is 17.2 Å². The van der Waals surface area contributed by atoms with Crippen molar-refractivity contribution >= 4 is 0 Å². The Morgan fingerprint density at radius 3 is 2.48 bits per heavy atom. The fourth-order valence-corrected chi connectivity index (χ4v) is 1.99. The van der Waals surface area contributed by atoms with Gasteiger partial charge in [0.25, 0.3) is 0 Å². The molecule has 0 aliphatic rings. The van der Waals surface area contributed by atoms with Gasteiger partial charge in [-0.25, -0.2) is 4.39 Å². The smallest absolute Gasteiger partial charge is 0.395 e. The van der Waals surface area contributed by atoms with Crippen LogP contribution < -0.4 is 0 Å². The van der Waals surface area contributed by atoms with E-state index >= 15 is 0 Å². The molecule has 8 heteroatoms. The van der Waals surface area contributed by atoms with E-state index in [-0.39, 0.29) is 18.8 Å². The van der Waals surface area contributed by atoms with Crippen molar-refractivity contribution < 1.29 is 27.8 Å². The molecule has 2 N–H and O–H groups in total. The van der Waals surface area contributed by atoms with Gasteiger partial charge in [-0.15, -0.1) is 0 Å². The molecule has 120 valence electrons. The molecule has 4 nitrogen and oxygen atoms in total. The van der Waals surface area contributed by atoms with Crippen LogP contribution >= 0.6 is 0 Å². The fraction of sp³-hybridized carbons (Fsp3) is 0.615. The van der Waals surface area contributed by atoms with Crippen LogP contribution in [0.3, 0.4) is 0 Å². The lowest BCUT2D eigenvalue weighted by Crippen LogP contribution is -2.40. The van der Waals surface area contributed by atoms with Crippen molar-refractivity contribution in [2.45, 2.75) is 19.2 Å². The van der Waals surface area contributed by atoms with Gasteiger partial charge in [0.15, 0.2) is 0 Å². The van der Waals surface area contributed by atoms with Gasteiger partial charge in [0.2, 0.25) is 0 Å². The maximum absolute atomic E-state index is 12.7. The maximum atomic E-state index is 12.7. The normalized spacial score (nSPS) is 15.2. The molecule has 0 aliphatic carbocycles. The van der Waals surface area contributed by atoms with E-state index in [1.807, 2.05) is 0 Å². The van der Waals surface area contributed by atoms with Crippen LogP contribution in [-0.4, -0.2) is 52.5 Å². The Labute approximate surface area is 120 Å². The second-order valence-corrected chi connectivity index (χ2v) is 4.90. The van der Waals surface area contributed by atoms with Crippen LogP contribution in [0.25, 0.3) is 0 Å². The second kappa shape index (κ2) is 7.67. The lowest BCUT2D eigenvalue weighted by Gasteiger charge is -2.28. The van der Waals surface area contributed by atoms with Crippen LogP contribution in [0.1, 0.15) is 18.7 Å². The molecule has 0 saturated heterocycles. The van der Waals surface area contributed by atoms with Crippen LogP contribution in [-0.2, 0) is 0 Å². The first kappa shape index (κ1) is 17.8. The Kier molecular flexibility index (Phi) is 6.50. The molecule has 0 fully saturated rings. The molecule has 1 aromatic heterocycles. The van der Waals surface area contributed by atoms with E-state index in [1.54, 1.807) is 6.92 Å². The molecule has 1 heterocycles. The second-order valence-electron chi connectivity index (χ2n) is 4.90. The first-order chi connectivity index (χ1) is 9.73. The Bertz CT molecular complexity index is 425. The number of hydrogen-bond donors (Lipinski definition) is 2. The quantitative estimate of drug-likeness (QED) is 0.753. The Morgan fingerprint density at radius 1 is 1.33 bits per heavy atom. The lowest BCUT2D eigenvalue weighted by molar-refractivity contribution is -0.149. The van der Waals surface area contributed by atoms with Gasteiger partial charge in [0.1, 0.15) is 5.82 Å². The summed E-state index contributed by atoms with van der Waals surface area (Å²) >= 11 is 0. The van der Waals surface area contributed by atoms with E-state index in [2.05, 4.69) is 4.98 Å². The summed E-state index contributed by atoms with van der Waals surface area (Å²) in [7, 11) is 0. The molecule has 0 aromatic carbocycles. The van der Waals surface area contributed by atoms with Gasteiger partial charge in [-0.05, 0) is 12.1 Å². The predicted octanol–water partition coefficient (Wildman–Crippen LogP) is 1.75. The number of hydrogen-bond acceptors (Lipinski definition) is 4. The van der Waals surface area contributed by atoms with Crippen molar-refractivity contribution in [3.63, 3.8) is 0 Å². The van der Waals surface area contributed by atoms with E-state index in [1.165, 1.54) is 6.07 Å². The topological polar surface area (TPSA) is 56.6 Å². The highest BCUT2D eigenvalue weighted by atomic mass is 19.4. The highest BCUT2D eigenvalue weighted by Gasteiger charge is 2.32. The van der Waals surface area contributed by atoms with Crippen LogP contribution in [0.15, 0.2) is 18.3 Å². The number of alkyl halides is 3. The van der Waals surface area contributed by atoms with Crippen LogP contribution in [0.4, 0.5) is 17.6 Å². The van der Waals surface area contributed by atoms with Crippen LogP contribution in [0, 0.1) is 11.7 Å². The lowest BCUT2D eigenvalue weighted by atomic mass is 10.0. The largest absolute Gasteiger partial charge is 0.401 e. The molecule has 0 bridgehead atoms. The number of aromatic nitrogens is 1. The van der Waals surface area contributed by atoms with Crippen molar-refractivity contribution in [1.82, 2.24) is 9.88 Å². The molecule has 2 atom stereocenters. The Hall–Kier alpha value is -1.25. The highest BCUT2D eigenvalue weighted by molar-refractivity contribution is 5.08. The zero-order valence-corrected chi connectivity index (χ0v) is 11.5. The summed E-state index contributed by atoms with van der Waals surface area (Å²) in [5, 5.41) is 18.8. The molecular formula is C13H18F4N2O2. The van der Waals surface area contributed by atoms with Gasteiger partial charge in [-0.2, -0.15) is 13.2 Å².